The summed E-state index contributed by atoms with van der Waals surface area (Å²) in [7, 11) is 1.83. The lowest BCUT2D eigenvalue weighted by atomic mass is 9.79. The number of fused-ring (bicyclic) bond motifs is 2. The lowest BCUT2D eigenvalue weighted by molar-refractivity contribution is -0.0867. The molecule has 0 spiro atoms. The van der Waals surface area contributed by atoms with E-state index in [9.17, 15) is 5.11 Å². The molecule has 2 fully saturated rings. The third-order valence-corrected chi connectivity index (χ3v) is 6.54. The lowest BCUT2D eigenvalue weighted by Crippen LogP contribution is -2.51. The first-order chi connectivity index (χ1) is 12.0. The fraction of sp³-hybridized carbons (Fsp3) is 0.650. The molecule has 1 aliphatic heterocycles. The van der Waals surface area contributed by atoms with Gasteiger partial charge in [-0.25, -0.2) is 4.98 Å². The monoisotopic (exact) mass is 343 g/mol. The van der Waals surface area contributed by atoms with Gasteiger partial charge in [0, 0.05) is 32.7 Å². The molecule has 1 aromatic heterocycles. The molecule has 2 aromatic rings. The number of nitrogens with one attached hydrogen (secondary N) is 1. The Labute approximate surface area is 149 Å². The lowest BCUT2D eigenvalue weighted by Gasteiger charge is -2.42. The summed E-state index contributed by atoms with van der Waals surface area (Å²) in [5.41, 5.74) is 4.71. The zero-order valence-electron chi connectivity index (χ0n) is 15.5. The molecule has 2 heterocycles. The minimum absolute atomic E-state index is 0.0548. The molecule has 4 rings (SSSR count). The topological polar surface area (TPSA) is 61.4 Å². The predicted octanol–water partition coefficient (Wildman–Crippen LogP) is 2.73. The van der Waals surface area contributed by atoms with Crippen LogP contribution < -0.4 is 0 Å². The van der Waals surface area contributed by atoms with Crippen LogP contribution in [0.15, 0.2) is 12.1 Å². The van der Waals surface area contributed by atoms with Gasteiger partial charge in [-0.2, -0.15) is 0 Å². The van der Waals surface area contributed by atoms with Gasteiger partial charge in [0.2, 0.25) is 0 Å². The maximum absolute atomic E-state index is 10.1. The molecule has 1 saturated carbocycles. The number of nitrogens with zero attached hydrogens (tertiary/aromatic N) is 2. The van der Waals surface area contributed by atoms with Crippen molar-refractivity contribution >= 4 is 11.0 Å². The Morgan fingerprint density at radius 1 is 1.36 bits per heavy atom. The van der Waals surface area contributed by atoms with E-state index in [1.165, 1.54) is 11.1 Å². The van der Waals surface area contributed by atoms with Crippen LogP contribution in [0.1, 0.15) is 42.6 Å². The second-order valence-corrected chi connectivity index (χ2v) is 7.84. The fourth-order valence-corrected chi connectivity index (χ4v) is 4.77. The number of hydrogen-bond donors (Lipinski definition) is 2. The molecule has 0 bridgehead atoms. The molecule has 1 saturated heterocycles. The number of aliphatic hydroxyl groups is 1. The van der Waals surface area contributed by atoms with Gasteiger partial charge in [-0.15, -0.1) is 0 Å². The van der Waals surface area contributed by atoms with E-state index >= 15 is 0 Å². The van der Waals surface area contributed by atoms with E-state index in [0.717, 1.165) is 62.1 Å². The van der Waals surface area contributed by atoms with Gasteiger partial charge in [-0.1, -0.05) is 6.07 Å². The number of methoxy groups -OCH3 is 1. The zero-order chi connectivity index (χ0) is 17.6. The SMILES string of the molecule is CO[C@@]12CC[C@H](O)C[C@@H]1N(CCc1nc3c(C)c(C)ccc3[nH]1)CC2. The minimum Gasteiger partial charge on any atom is -0.393 e. The van der Waals surface area contributed by atoms with Crippen LogP contribution in [0, 0.1) is 13.8 Å². The third kappa shape index (κ3) is 2.88. The summed E-state index contributed by atoms with van der Waals surface area (Å²) >= 11 is 0. The summed E-state index contributed by atoms with van der Waals surface area (Å²) in [6.45, 7) is 6.27. The van der Waals surface area contributed by atoms with Gasteiger partial charge in [0.15, 0.2) is 0 Å². The van der Waals surface area contributed by atoms with Crippen LogP contribution in [0.3, 0.4) is 0 Å². The van der Waals surface area contributed by atoms with Crippen molar-refractivity contribution in [3.63, 3.8) is 0 Å². The van der Waals surface area contributed by atoms with E-state index in [1.807, 2.05) is 7.11 Å². The van der Waals surface area contributed by atoms with Gasteiger partial charge >= 0.3 is 0 Å². The van der Waals surface area contributed by atoms with E-state index in [-0.39, 0.29) is 11.7 Å². The van der Waals surface area contributed by atoms with Crippen molar-refractivity contribution in [2.75, 3.05) is 20.2 Å². The van der Waals surface area contributed by atoms with Crippen LogP contribution in [0.4, 0.5) is 0 Å². The molecular weight excluding hydrogens is 314 g/mol. The second kappa shape index (κ2) is 6.38. The smallest absolute Gasteiger partial charge is 0.108 e. The first kappa shape index (κ1) is 17.0. The quantitative estimate of drug-likeness (QED) is 0.896. The van der Waals surface area contributed by atoms with E-state index in [4.69, 9.17) is 9.72 Å². The molecule has 5 nitrogen and oxygen atoms in total. The highest BCUT2D eigenvalue weighted by Gasteiger charge is 2.50. The van der Waals surface area contributed by atoms with Gasteiger partial charge in [0.05, 0.1) is 22.7 Å². The van der Waals surface area contributed by atoms with Crippen molar-refractivity contribution < 1.29 is 9.84 Å². The normalized spacial score (nSPS) is 30.1. The molecule has 0 unspecified atom stereocenters. The minimum atomic E-state index is -0.189. The molecule has 3 atom stereocenters. The van der Waals surface area contributed by atoms with Crippen molar-refractivity contribution in [2.24, 2.45) is 0 Å². The van der Waals surface area contributed by atoms with Crippen LogP contribution in [0.25, 0.3) is 11.0 Å². The number of ether oxygens (including phenoxy) is 1. The third-order valence-electron chi connectivity index (χ3n) is 6.54. The first-order valence-corrected chi connectivity index (χ1v) is 9.44. The van der Waals surface area contributed by atoms with Crippen molar-refractivity contribution in [1.29, 1.82) is 0 Å². The van der Waals surface area contributed by atoms with Crippen LogP contribution in [0.2, 0.25) is 0 Å². The predicted molar refractivity (Wildman–Crippen MR) is 98.8 cm³/mol. The summed E-state index contributed by atoms with van der Waals surface area (Å²) in [5, 5.41) is 10.1. The second-order valence-electron chi connectivity index (χ2n) is 7.84. The molecule has 2 N–H and O–H groups in total. The molecule has 2 aliphatic rings. The summed E-state index contributed by atoms with van der Waals surface area (Å²) in [4.78, 5) is 10.8. The number of likely N-dealkylation sites (tertiary alicyclic amines) is 1. The number of aryl methyl sites for hydroxylation is 2. The Morgan fingerprint density at radius 2 is 2.20 bits per heavy atom. The zero-order valence-corrected chi connectivity index (χ0v) is 15.5. The number of aromatic nitrogens is 2. The maximum atomic E-state index is 10.1. The Morgan fingerprint density at radius 3 is 3.00 bits per heavy atom. The molecule has 5 heteroatoms. The number of hydrogen-bond acceptors (Lipinski definition) is 4. The Kier molecular flexibility index (Phi) is 4.34. The number of aliphatic hydroxyl groups excluding tert-OH is 1. The molecular formula is C20H29N3O2. The Hall–Kier alpha value is -1.43. The number of aromatic amines is 1. The van der Waals surface area contributed by atoms with E-state index < -0.39 is 0 Å². The van der Waals surface area contributed by atoms with Crippen molar-refractivity contribution in [3.8, 4) is 0 Å². The molecule has 1 aliphatic carbocycles. The maximum Gasteiger partial charge on any atom is 0.108 e. The van der Waals surface area contributed by atoms with Gasteiger partial charge in [-0.05, 0) is 56.7 Å². The highest BCUT2D eigenvalue weighted by Crippen LogP contribution is 2.42. The first-order valence-electron chi connectivity index (χ1n) is 9.44. The van der Waals surface area contributed by atoms with Gasteiger partial charge in [-0.3, -0.25) is 4.90 Å². The number of H-pyrrole nitrogens is 1. The van der Waals surface area contributed by atoms with Crippen molar-refractivity contribution in [2.45, 2.75) is 63.7 Å². The summed E-state index contributed by atoms with van der Waals surface area (Å²) in [5.74, 6) is 1.05. The molecule has 0 radical (unpaired) electrons. The Bertz CT molecular complexity index is 772. The largest absolute Gasteiger partial charge is 0.393 e. The van der Waals surface area contributed by atoms with E-state index in [0.29, 0.717) is 6.04 Å². The van der Waals surface area contributed by atoms with Crippen molar-refractivity contribution in [1.82, 2.24) is 14.9 Å². The van der Waals surface area contributed by atoms with Crippen LogP contribution in [-0.4, -0.2) is 57.9 Å². The molecule has 0 amide bonds. The molecule has 136 valence electrons. The number of imidazole rings is 1. The van der Waals surface area contributed by atoms with Gasteiger partial charge in [0.1, 0.15) is 5.82 Å². The fourth-order valence-electron chi connectivity index (χ4n) is 4.77. The van der Waals surface area contributed by atoms with Gasteiger partial charge < -0.3 is 14.8 Å². The standard InChI is InChI=1S/C20H29N3O2/c1-13-4-5-16-19(14(13)2)22-18(21-16)7-10-23-11-9-20(25-3)8-6-15(24)12-17(20)23/h4-5,15,17,24H,6-12H2,1-3H3,(H,21,22)/t15-,17-,20+/m0/s1. The average molecular weight is 343 g/mol. The van der Waals surface area contributed by atoms with Crippen LogP contribution in [-0.2, 0) is 11.2 Å². The van der Waals surface area contributed by atoms with E-state index in [1.54, 1.807) is 0 Å². The molecule has 25 heavy (non-hydrogen) atoms. The summed E-state index contributed by atoms with van der Waals surface area (Å²) in [6, 6.07) is 4.60. The average Bonchev–Trinajstić information content (AvgIpc) is 3.18. The van der Waals surface area contributed by atoms with Crippen LogP contribution >= 0.6 is 0 Å². The van der Waals surface area contributed by atoms with Gasteiger partial charge in [0.25, 0.3) is 0 Å². The van der Waals surface area contributed by atoms with Crippen LogP contribution in [0.5, 0.6) is 0 Å². The van der Waals surface area contributed by atoms with E-state index in [2.05, 4.69) is 35.9 Å². The highest BCUT2D eigenvalue weighted by molar-refractivity contribution is 5.79. The number of rotatable bonds is 4. The van der Waals surface area contributed by atoms with Crippen molar-refractivity contribution in [3.05, 3.63) is 29.1 Å². The summed E-state index contributed by atoms with van der Waals surface area (Å²) in [6.07, 6.45) is 4.44. The summed E-state index contributed by atoms with van der Waals surface area (Å²) < 4.78 is 5.93. The molecule has 1 aromatic carbocycles. The number of benzene rings is 1. The Balaban J connectivity index is 1.49. The highest BCUT2D eigenvalue weighted by atomic mass is 16.5.